The van der Waals surface area contributed by atoms with Gasteiger partial charge in [0.25, 0.3) is 0 Å². The normalized spacial score (nSPS) is 10.5. The zero-order valence-electron chi connectivity index (χ0n) is 7.48. The highest BCUT2D eigenvalue weighted by atomic mass is 35.5. The lowest BCUT2D eigenvalue weighted by atomic mass is 10.2. The fraction of sp³-hybridized carbons (Fsp3) is 0. The van der Waals surface area contributed by atoms with Crippen LogP contribution >= 0.6 is 23.2 Å². The molecule has 0 saturated carbocycles. The Morgan fingerprint density at radius 1 is 1.27 bits per heavy atom. The third-order valence-corrected chi connectivity index (χ3v) is 2.07. The van der Waals surface area contributed by atoms with Crippen molar-refractivity contribution in [3.8, 4) is 5.75 Å². The molecule has 0 fully saturated rings. The Bertz CT molecular complexity index is 427. The number of phenolic OH excluding ortho intramolecular Hbond substituents is 1. The van der Waals surface area contributed by atoms with Gasteiger partial charge in [0.1, 0.15) is 5.75 Å². The minimum absolute atomic E-state index is 0.0905. The van der Waals surface area contributed by atoms with Crippen LogP contribution in [0.5, 0.6) is 5.75 Å². The number of hydrogen-bond donors (Lipinski definition) is 3. The number of aromatic hydroxyl groups is 1. The highest BCUT2D eigenvalue weighted by molar-refractivity contribution is 6.37. The molecular formula is C8H8Cl2N4O. The largest absolute Gasteiger partial charge is 0.506 e. The first-order valence-corrected chi connectivity index (χ1v) is 4.56. The first kappa shape index (κ1) is 11.6. The summed E-state index contributed by atoms with van der Waals surface area (Å²) < 4.78 is 0. The quantitative estimate of drug-likeness (QED) is 0.417. The number of hydrogen-bond acceptors (Lipinski definition) is 3. The van der Waals surface area contributed by atoms with Crippen LogP contribution in [0.2, 0.25) is 10.0 Å². The molecule has 0 saturated heterocycles. The highest BCUT2D eigenvalue weighted by Gasteiger charge is 2.04. The molecule has 5 N–H and O–H groups in total. The zero-order valence-corrected chi connectivity index (χ0v) is 9.00. The van der Waals surface area contributed by atoms with Crippen LogP contribution in [-0.4, -0.2) is 17.3 Å². The van der Waals surface area contributed by atoms with E-state index in [-0.39, 0.29) is 16.7 Å². The van der Waals surface area contributed by atoms with Crippen molar-refractivity contribution < 1.29 is 5.11 Å². The van der Waals surface area contributed by atoms with Gasteiger partial charge in [0.05, 0.1) is 16.3 Å². The lowest BCUT2D eigenvalue weighted by Crippen LogP contribution is -2.21. The van der Waals surface area contributed by atoms with E-state index in [1.807, 2.05) is 0 Å². The Morgan fingerprint density at radius 2 is 1.93 bits per heavy atom. The molecule has 5 nitrogen and oxygen atoms in total. The van der Waals surface area contributed by atoms with Crippen LogP contribution in [0.4, 0.5) is 0 Å². The van der Waals surface area contributed by atoms with Gasteiger partial charge in [-0.05, 0) is 12.1 Å². The number of benzene rings is 1. The fourth-order valence-corrected chi connectivity index (χ4v) is 1.24. The van der Waals surface area contributed by atoms with Crippen molar-refractivity contribution in [3.63, 3.8) is 0 Å². The molecule has 0 aromatic heterocycles. The second-order valence-corrected chi connectivity index (χ2v) is 3.41. The van der Waals surface area contributed by atoms with E-state index in [4.69, 9.17) is 34.7 Å². The molecule has 0 aliphatic rings. The van der Waals surface area contributed by atoms with Crippen molar-refractivity contribution in [3.05, 3.63) is 27.7 Å². The molecule has 1 aromatic rings. The Kier molecular flexibility index (Phi) is 3.76. The highest BCUT2D eigenvalue weighted by Crippen LogP contribution is 2.28. The molecule has 0 atom stereocenters. The van der Waals surface area contributed by atoms with Gasteiger partial charge in [-0.25, -0.2) is 0 Å². The third kappa shape index (κ3) is 3.30. The van der Waals surface area contributed by atoms with Crippen molar-refractivity contribution in [1.29, 1.82) is 0 Å². The van der Waals surface area contributed by atoms with Crippen LogP contribution in [0.25, 0.3) is 0 Å². The second kappa shape index (κ2) is 4.86. The third-order valence-electron chi connectivity index (χ3n) is 1.44. The molecule has 0 unspecified atom stereocenters. The maximum atomic E-state index is 9.30. The maximum absolute atomic E-state index is 9.30. The van der Waals surface area contributed by atoms with Crippen LogP contribution < -0.4 is 11.5 Å². The Hall–Kier alpha value is -1.46. The van der Waals surface area contributed by atoms with Crippen LogP contribution in [0.15, 0.2) is 22.3 Å². The van der Waals surface area contributed by atoms with Crippen molar-refractivity contribution in [2.45, 2.75) is 0 Å². The summed E-state index contributed by atoms with van der Waals surface area (Å²) in [5, 5.41) is 16.7. The summed E-state index contributed by atoms with van der Waals surface area (Å²) in [5.74, 6) is -0.257. The van der Waals surface area contributed by atoms with Gasteiger partial charge in [0, 0.05) is 5.56 Å². The molecule has 80 valence electrons. The SMILES string of the molecule is NC(N)=NN=Cc1cc(O)c(Cl)cc1Cl. The number of nitrogens with zero attached hydrogens (tertiary/aromatic N) is 2. The number of phenols is 1. The van der Waals surface area contributed by atoms with Gasteiger partial charge in [-0.1, -0.05) is 23.2 Å². The summed E-state index contributed by atoms with van der Waals surface area (Å²) in [6.45, 7) is 0. The average Bonchev–Trinajstić information content (AvgIpc) is 2.13. The molecule has 7 heteroatoms. The first-order chi connectivity index (χ1) is 7.00. The van der Waals surface area contributed by atoms with Gasteiger partial charge >= 0.3 is 0 Å². The number of halogens is 2. The van der Waals surface area contributed by atoms with E-state index >= 15 is 0 Å². The summed E-state index contributed by atoms with van der Waals surface area (Å²) in [5.41, 5.74) is 10.6. The van der Waals surface area contributed by atoms with E-state index < -0.39 is 0 Å². The van der Waals surface area contributed by atoms with Gasteiger partial charge in [-0.3, -0.25) is 0 Å². The smallest absolute Gasteiger partial charge is 0.211 e. The van der Waals surface area contributed by atoms with Crippen LogP contribution in [-0.2, 0) is 0 Å². The number of guanidine groups is 1. The molecular weight excluding hydrogens is 239 g/mol. The van der Waals surface area contributed by atoms with Crippen LogP contribution in [0.1, 0.15) is 5.56 Å². The second-order valence-electron chi connectivity index (χ2n) is 2.59. The molecule has 1 rings (SSSR count). The molecule has 0 aliphatic carbocycles. The predicted molar refractivity (Wildman–Crippen MR) is 61.5 cm³/mol. The first-order valence-electron chi connectivity index (χ1n) is 3.80. The molecule has 15 heavy (non-hydrogen) atoms. The molecule has 1 aromatic carbocycles. The zero-order chi connectivity index (χ0) is 11.4. The monoisotopic (exact) mass is 246 g/mol. The molecule has 0 amide bonds. The van der Waals surface area contributed by atoms with Gasteiger partial charge < -0.3 is 16.6 Å². The summed E-state index contributed by atoms with van der Waals surface area (Å²) in [6, 6.07) is 2.76. The van der Waals surface area contributed by atoms with Gasteiger partial charge in [0.2, 0.25) is 5.96 Å². The van der Waals surface area contributed by atoms with E-state index in [1.54, 1.807) is 0 Å². The fourth-order valence-electron chi connectivity index (χ4n) is 0.810. The molecule has 0 aliphatic heterocycles. The van der Waals surface area contributed by atoms with E-state index in [0.29, 0.717) is 10.6 Å². The predicted octanol–water partition coefficient (Wildman–Crippen LogP) is 1.31. The summed E-state index contributed by atoms with van der Waals surface area (Å²) in [4.78, 5) is 0. The lowest BCUT2D eigenvalue weighted by Gasteiger charge is -2.00. The van der Waals surface area contributed by atoms with Crippen LogP contribution in [0.3, 0.4) is 0 Å². The van der Waals surface area contributed by atoms with E-state index in [1.165, 1.54) is 18.3 Å². The Labute approximate surface area is 96.0 Å². The minimum atomic E-state index is -0.166. The van der Waals surface area contributed by atoms with Crippen molar-refractivity contribution in [1.82, 2.24) is 0 Å². The summed E-state index contributed by atoms with van der Waals surface area (Å²) in [7, 11) is 0. The molecule has 0 spiro atoms. The van der Waals surface area contributed by atoms with Crippen molar-refractivity contribution in [2.75, 3.05) is 0 Å². The molecule has 0 bridgehead atoms. The number of rotatable bonds is 2. The maximum Gasteiger partial charge on any atom is 0.211 e. The van der Waals surface area contributed by atoms with E-state index in [2.05, 4.69) is 10.2 Å². The lowest BCUT2D eigenvalue weighted by molar-refractivity contribution is 0.475. The topological polar surface area (TPSA) is 97.0 Å². The Morgan fingerprint density at radius 3 is 2.53 bits per heavy atom. The Balaban J connectivity index is 3.01. The minimum Gasteiger partial charge on any atom is -0.506 e. The summed E-state index contributed by atoms with van der Waals surface area (Å²) in [6.07, 6.45) is 1.30. The average molecular weight is 247 g/mol. The van der Waals surface area contributed by atoms with Crippen molar-refractivity contribution in [2.24, 2.45) is 21.7 Å². The summed E-state index contributed by atoms with van der Waals surface area (Å²) >= 11 is 11.4. The van der Waals surface area contributed by atoms with Gasteiger partial charge in [-0.15, -0.1) is 5.10 Å². The van der Waals surface area contributed by atoms with E-state index in [9.17, 15) is 5.11 Å². The molecule has 0 radical (unpaired) electrons. The standard InChI is InChI=1S/C8H8Cl2N4O/c9-5-2-6(10)7(15)1-4(5)3-13-14-8(11)12/h1-3,15H,(H4,11,12,14). The van der Waals surface area contributed by atoms with E-state index in [0.717, 1.165) is 0 Å². The molecule has 0 heterocycles. The van der Waals surface area contributed by atoms with Crippen molar-refractivity contribution >= 4 is 35.4 Å². The van der Waals surface area contributed by atoms with Gasteiger partial charge in [0.15, 0.2) is 0 Å². The van der Waals surface area contributed by atoms with Crippen LogP contribution in [0, 0.1) is 0 Å². The van der Waals surface area contributed by atoms with Gasteiger partial charge in [-0.2, -0.15) is 5.10 Å². The number of nitrogens with two attached hydrogens (primary N) is 2.